The van der Waals surface area contributed by atoms with Crippen LogP contribution in [0.3, 0.4) is 0 Å². The highest BCUT2D eigenvalue weighted by Crippen LogP contribution is 2.58. The first-order chi connectivity index (χ1) is 8.50. The molecule has 1 aliphatic heterocycles. The van der Waals surface area contributed by atoms with Crippen LogP contribution in [0.1, 0.15) is 13.8 Å². The standard InChI is InChI=1S/C10H19O7P/c1-3-16-18(14,17-4-2)8-6-15-7(5-11)9(12)10(8)13/h6-7,9-13H,3-5H2,1-2H3/t7?,9-,10-/m1/s1. The topological polar surface area (TPSA) is 105 Å². The van der Waals surface area contributed by atoms with Crippen LogP contribution < -0.4 is 0 Å². The minimum atomic E-state index is -3.68. The molecule has 0 aromatic rings. The van der Waals surface area contributed by atoms with Crippen molar-refractivity contribution < 1.29 is 33.7 Å². The van der Waals surface area contributed by atoms with E-state index in [1.165, 1.54) is 0 Å². The summed E-state index contributed by atoms with van der Waals surface area (Å²) in [6.07, 6.45) is -2.77. The minimum Gasteiger partial charge on any atom is -0.492 e. The van der Waals surface area contributed by atoms with Crippen LogP contribution >= 0.6 is 7.60 Å². The predicted molar refractivity (Wildman–Crippen MR) is 62.9 cm³/mol. The second-order valence-corrected chi connectivity index (χ2v) is 5.70. The summed E-state index contributed by atoms with van der Waals surface area (Å²) in [4.78, 5) is 0. The molecule has 1 rings (SSSR count). The number of aliphatic hydroxyl groups excluding tert-OH is 3. The van der Waals surface area contributed by atoms with Crippen LogP contribution in [0.25, 0.3) is 0 Å². The van der Waals surface area contributed by atoms with Gasteiger partial charge in [-0.05, 0) is 13.8 Å². The molecule has 1 unspecified atom stereocenters. The maximum absolute atomic E-state index is 12.4. The van der Waals surface area contributed by atoms with Gasteiger partial charge in [0.1, 0.15) is 23.6 Å². The summed E-state index contributed by atoms with van der Waals surface area (Å²) in [5.74, 6) is 0. The first kappa shape index (κ1) is 15.6. The molecule has 0 aliphatic carbocycles. The van der Waals surface area contributed by atoms with Gasteiger partial charge in [0.05, 0.1) is 26.1 Å². The number of hydrogen-bond acceptors (Lipinski definition) is 7. The van der Waals surface area contributed by atoms with Gasteiger partial charge in [0, 0.05) is 0 Å². The molecule has 3 N–H and O–H groups in total. The van der Waals surface area contributed by atoms with Gasteiger partial charge in [-0.1, -0.05) is 0 Å². The molecule has 0 saturated carbocycles. The molecule has 0 aromatic heterocycles. The number of aliphatic hydroxyl groups is 3. The van der Waals surface area contributed by atoms with E-state index in [0.29, 0.717) is 0 Å². The Morgan fingerprint density at radius 1 is 1.33 bits per heavy atom. The average Bonchev–Trinajstić information content (AvgIpc) is 2.33. The predicted octanol–water partition coefficient (Wildman–Crippen LogP) is 0.207. The fourth-order valence-electron chi connectivity index (χ4n) is 1.59. The maximum atomic E-state index is 12.4. The van der Waals surface area contributed by atoms with E-state index in [4.69, 9.17) is 18.9 Å². The summed E-state index contributed by atoms with van der Waals surface area (Å²) in [7, 11) is -3.68. The first-order valence-electron chi connectivity index (χ1n) is 5.72. The van der Waals surface area contributed by atoms with Gasteiger partial charge in [-0.15, -0.1) is 0 Å². The van der Waals surface area contributed by atoms with Gasteiger partial charge in [-0.25, -0.2) is 0 Å². The van der Waals surface area contributed by atoms with Crippen LogP contribution in [0, 0.1) is 0 Å². The van der Waals surface area contributed by atoms with Gasteiger partial charge >= 0.3 is 7.60 Å². The van der Waals surface area contributed by atoms with Crippen molar-refractivity contribution in [2.24, 2.45) is 0 Å². The van der Waals surface area contributed by atoms with E-state index >= 15 is 0 Å². The summed E-state index contributed by atoms with van der Waals surface area (Å²) >= 11 is 0. The van der Waals surface area contributed by atoms with Crippen molar-refractivity contribution in [2.45, 2.75) is 32.2 Å². The van der Waals surface area contributed by atoms with Gasteiger partial charge < -0.3 is 29.1 Å². The number of rotatable bonds is 6. The van der Waals surface area contributed by atoms with Gasteiger partial charge in [0.15, 0.2) is 0 Å². The zero-order valence-corrected chi connectivity index (χ0v) is 11.2. The normalized spacial score (nSPS) is 28.7. The molecule has 0 radical (unpaired) electrons. The molecule has 1 aliphatic rings. The van der Waals surface area contributed by atoms with Crippen LogP contribution in [0.5, 0.6) is 0 Å². The van der Waals surface area contributed by atoms with Crippen LogP contribution in [-0.2, 0) is 18.3 Å². The molecule has 0 amide bonds. The van der Waals surface area contributed by atoms with E-state index in [2.05, 4.69) is 0 Å². The molecule has 18 heavy (non-hydrogen) atoms. The van der Waals surface area contributed by atoms with Crippen molar-refractivity contribution >= 4 is 7.60 Å². The van der Waals surface area contributed by atoms with Crippen molar-refractivity contribution in [1.82, 2.24) is 0 Å². The van der Waals surface area contributed by atoms with Gasteiger partial charge in [0.2, 0.25) is 0 Å². The van der Waals surface area contributed by atoms with Crippen molar-refractivity contribution in [3.8, 4) is 0 Å². The second kappa shape index (κ2) is 6.65. The Morgan fingerprint density at radius 3 is 2.33 bits per heavy atom. The Labute approximate surface area is 106 Å². The van der Waals surface area contributed by atoms with E-state index < -0.39 is 32.5 Å². The van der Waals surface area contributed by atoms with E-state index in [-0.39, 0.29) is 18.5 Å². The maximum Gasteiger partial charge on any atom is 0.363 e. The van der Waals surface area contributed by atoms with Crippen LogP contribution in [0.4, 0.5) is 0 Å². The van der Waals surface area contributed by atoms with Crippen LogP contribution in [0.15, 0.2) is 11.6 Å². The lowest BCUT2D eigenvalue weighted by molar-refractivity contribution is -0.0843. The Balaban J connectivity index is 2.99. The monoisotopic (exact) mass is 282 g/mol. The summed E-state index contributed by atoms with van der Waals surface area (Å²) < 4.78 is 27.5. The third-order valence-corrected chi connectivity index (χ3v) is 4.66. The van der Waals surface area contributed by atoms with E-state index in [0.717, 1.165) is 6.26 Å². The highest BCUT2D eigenvalue weighted by molar-refractivity contribution is 7.58. The molecule has 0 aromatic carbocycles. The lowest BCUT2D eigenvalue weighted by Gasteiger charge is -2.33. The lowest BCUT2D eigenvalue weighted by atomic mass is 10.1. The van der Waals surface area contributed by atoms with Crippen LogP contribution in [-0.4, -0.2) is 53.5 Å². The van der Waals surface area contributed by atoms with Crippen molar-refractivity contribution in [3.63, 3.8) is 0 Å². The zero-order chi connectivity index (χ0) is 13.8. The molecule has 1 heterocycles. The average molecular weight is 282 g/mol. The Morgan fingerprint density at radius 2 is 1.89 bits per heavy atom. The minimum absolute atomic E-state index is 0.126. The van der Waals surface area contributed by atoms with Gasteiger partial charge in [-0.3, -0.25) is 4.57 Å². The molecule has 0 bridgehead atoms. The Hall–Kier alpha value is -0.430. The fraction of sp³-hybridized carbons (Fsp3) is 0.800. The SMILES string of the molecule is CCOP(=O)(OCC)C1=COC(CO)[C@@H](O)[C@@H]1O. The molecule has 7 nitrogen and oxygen atoms in total. The fourth-order valence-corrected chi connectivity index (χ4v) is 3.31. The highest BCUT2D eigenvalue weighted by Gasteiger charge is 2.43. The molecular formula is C10H19O7P. The molecule has 3 atom stereocenters. The summed E-state index contributed by atoms with van der Waals surface area (Å²) in [6.45, 7) is 3.06. The molecule has 0 fully saturated rings. The van der Waals surface area contributed by atoms with Gasteiger partial charge in [0.25, 0.3) is 0 Å². The molecule has 8 heteroatoms. The van der Waals surface area contributed by atoms with E-state index in [9.17, 15) is 14.8 Å². The van der Waals surface area contributed by atoms with Crippen molar-refractivity contribution in [3.05, 3.63) is 11.6 Å². The molecule has 0 spiro atoms. The van der Waals surface area contributed by atoms with Crippen LogP contribution in [0.2, 0.25) is 0 Å². The molecule has 106 valence electrons. The summed E-state index contributed by atoms with van der Waals surface area (Å²) in [5.41, 5.74) is 0. The highest BCUT2D eigenvalue weighted by atomic mass is 31.2. The Bertz CT molecular complexity index is 333. The number of hydrogen-bond donors (Lipinski definition) is 3. The Kier molecular flexibility index (Phi) is 5.78. The summed E-state index contributed by atoms with van der Waals surface area (Å²) in [6, 6.07) is 0. The second-order valence-electron chi connectivity index (χ2n) is 3.67. The smallest absolute Gasteiger partial charge is 0.363 e. The zero-order valence-electron chi connectivity index (χ0n) is 10.4. The summed E-state index contributed by atoms with van der Waals surface area (Å²) in [5, 5.41) is 28.4. The molecule has 0 saturated heterocycles. The first-order valence-corrected chi connectivity index (χ1v) is 7.26. The third kappa shape index (κ3) is 3.12. The van der Waals surface area contributed by atoms with E-state index in [1.54, 1.807) is 13.8 Å². The quantitative estimate of drug-likeness (QED) is 0.598. The van der Waals surface area contributed by atoms with Gasteiger partial charge in [-0.2, -0.15) is 0 Å². The van der Waals surface area contributed by atoms with Crippen molar-refractivity contribution in [1.29, 1.82) is 0 Å². The molecular weight excluding hydrogens is 263 g/mol. The largest absolute Gasteiger partial charge is 0.492 e. The van der Waals surface area contributed by atoms with E-state index in [1.807, 2.05) is 0 Å². The lowest BCUT2D eigenvalue weighted by Crippen LogP contribution is -2.44. The van der Waals surface area contributed by atoms with Crippen molar-refractivity contribution in [2.75, 3.05) is 19.8 Å². The number of ether oxygens (including phenoxy) is 1. The third-order valence-electron chi connectivity index (χ3n) is 2.47.